The molecule has 1 rings (SSSR count). The third kappa shape index (κ3) is 10.8. The topological polar surface area (TPSA) is 38.3 Å². The molecule has 0 spiro atoms. The zero-order chi connectivity index (χ0) is 16.8. The molecule has 130 valence electrons. The Kier molecular flexibility index (Phi) is 11.0. The molecular formula is C20H33NO2. The van der Waals surface area contributed by atoms with E-state index in [1.54, 1.807) is 0 Å². The smallest absolute Gasteiger partial charge is 0.411 e. The Morgan fingerprint density at radius 1 is 0.870 bits per heavy atom. The van der Waals surface area contributed by atoms with E-state index in [0.717, 1.165) is 18.5 Å². The first kappa shape index (κ1) is 19.5. The molecule has 3 heteroatoms. The average Bonchev–Trinajstić information content (AvgIpc) is 2.55. The minimum atomic E-state index is -0.357. The highest BCUT2D eigenvalue weighted by atomic mass is 16.5. The average molecular weight is 319 g/mol. The van der Waals surface area contributed by atoms with E-state index in [1.165, 1.54) is 56.9 Å². The summed E-state index contributed by atoms with van der Waals surface area (Å²) in [5.74, 6) is 0. The van der Waals surface area contributed by atoms with Gasteiger partial charge < -0.3 is 4.74 Å². The van der Waals surface area contributed by atoms with Crippen molar-refractivity contribution >= 4 is 11.8 Å². The van der Waals surface area contributed by atoms with Crippen molar-refractivity contribution in [2.24, 2.45) is 0 Å². The predicted molar refractivity (Wildman–Crippen MR) is 98.0 cm³/mol. The summed E-state index contributed by atoms with van der Waals surface area (Å²) in [6, 6.07) is 7.71. The van der Waals surface area contributed by atoms with Crippen LogP contribution in [0.5, 0.6) is 0 Å². The summed E-state index contributed by atoms with van der Waals surface area (Å²) in [4.78, 5) is 11.6. The van der Waals surface area contributed by atoms with Crippen molar-refractivity contribution < 1.29 is 9.53 Å². The third-order valence-corrected chi connectivity index (χ3v) is 4.03. The highest BCUT2D eigenvalue weighted by molar-refractivity contribution is 5.84. The molecule has 3 nitrogen and oxygen atoms in total. The van der Waals surface area contributed by atoms with Gasteiger partial charge in [-0.15, -0.1) is 0 Å². The molecule has 0 aliphatic heterocycles. The van der Waals surface area contributed by atoms with Crippen LogP contribution in [0, 0.1) is 6.92 Å². The number of nitrogens with one attached hydrogen (secondary N) is 1. The number of carbonyl (C=O) groups is 1. The van der Waals surface area contributed by atoms with E-state index in [1.807, 2.05) is 31.2 Å². The molecule has 1 aromatic rings. The second-order valence-corrected chi connectivity index (χ2v) is 6.31. The van der Waals surface area contributed by atoms with Crippen molar-refractivity contribution in [2.75, 3.05) is 11.9 Å². The van der Waals surface area contributed by atoms with E-state index in [2.05, 4.69) is 12.2 Å². The number of anilines is 1. The van der Waals surface area contributed by atoms with Crippen LogP contribution in [-0.4, -0.2) is 12.7 Å². The van der Waals surface area contributed by atoms with Crippen molar-refractivity contribution in [2.45, 2.75) is 78.1 Å². The van der Waals surface area contributed by atoms with Gasteiger partial charge in [0.05, 0.1) is 6.61 Å². The molecule has 0 bridgehead atoms. The lowest BCUT2D eigenvalue weighted by atomic mass is 10.1. The third-order valence-electron chi connectivity index (χ3n) is 4.03. The second-order valence-electron chi connectivity index (χ2n) is 6.31. The first-order valence-electron chi connectivity index (χ1n) is 9.23. The lowest BCUT2D eigenvalue weighted by Crippen LogP contribution is -2.14. The van der Waals surface area contributed by atoms with Gasteiger partial charge in [-0.1, -0.05) is 82.4 Å². The van der Waals surface area contributed by atoms with Crippen molar-refractivity contribution in [3.05, 3.63) is 29.8 Å². The first-order valence-corrected chi connectivity index (χ1v) is 9.23. The number of aryl methyl sites for hydroxylation is 1. The van der Waals surface area contributed by atoms with Crippen molar-refractivity contribution in [1.29, 1.82) is 0 Å². The number of amides is 1. The van der Waals surface area contributed by atoms with Gasteiger partial charge in [0.1, 0.15) is 0 Å². The van der Waals surface area contributed by atoms with Crippen molar-refractivity contribution in [3.8, 4) is 0 Å². The number of benzene rings is 1. The molecule has 0 fully saturated rings. The maximum absolute atomic E-state index is 11.6. The van der Waals surface area contributed by atoms with Crippen LogP contribution in [-0.2, 0) is 4.74 Å². The van der Waals surface area contributed by atoms with Gasteiger partial charge in [0.2, 0.25) is 0 Å². The van der Waals surface area contributed by atoms with Crippen LogP contribution in [0.15, 0.2) is 24.3 Å². The summed E-state index contributed by atoms with van der Waals surface area (Å²) in [5.41, 5.74) is 1.96. The maximum atomic E-state index is 11.6. The van der Waals surface area contributed by atoms with E-state index >= 15 is 0 Å². The van der Waals surface area contributed by atoms with Crippen LogP contribution in [0.1, 0.15) is 76.7 Å². The number of carbonyl (C=O) groups excluding carboxylic acids is 1. The van der Waals surface area contributed by atoms with E-state index < -0.39 is 0 Å². The van der Waals surface area contributed by atoms with E-state index in [9.17, 15) is 4.79 Å². The molecule has 0 aliphatic rings. The molecule has 0 radical (unpaired) electrons. The summed E-state index contributed by atoms with van der Waals surface area (Å²) in [6.07, 6.45) is 12.5. The molecule has 0 atom stereocenters. The van der Waals surface area contributed by atoms with Gasteiger partial charge in [0, 0.05) is 5.69 Å². The van der Waals surface area contributed by atoms with Gasteiger partial charge in [-0.2, -0.15) is 0 Å². The van der Waals surface area contributed by atoms with Gasteiger partial charge in [0.15, 0.2) is 0 Å². The van der Waals surface area contributed by atoms with Crippen LogP contribution >= 0.6 is 0 Å². The molecule has 1 aromatic carbocycles. The lowest BCUT2D eigenvalue weighted by Gasteiger charge is -2.07. The number of ether oxygens (including phenoxy) is 1. The number of hydrogen-bond acceptors (Lipinski definition) is 2. The van der Waals surface area contributed by atoms with Crippen LogP contribution < -0.4 is 5.32 Å². The first-order chi connectivity index (χ1) is 11.2. The summed E-state index contributed by atoms with van der Waals surface area (Å²) in [7, 11) is 0. The number of rotatable bonds is 12. The van der Waals surface area contributed by atoms with E-state index in [0.29, 0.717) is 6.61 Å². The van der Waals surface area contributed by atoms with Gasteiger partial charge in [-0.3, -0.25) is 5.32 Å². The minimum absolute atomic E-state index is 0.357. The second kappa shape index (κ2) is 13.0. The largest absolute Gasteiger partial charge is 0.449 e. The molecule has 1 amide bonds. The minimum Gasteiger partial charge on any atom is -0.449 e. The molecule has 0 aliphatic carbocycles. The molecule has 0 saturated heterocycles. The van der Waals surface area contributed by atoms with Gasteiger partial charge >= 0.3 is 6.09 Å². The van der Waals surface area contributed by atoms with E-state index in [4.69, 9.17) is 4.74 Å². The molecule has 23 heavy (non-hydrogen) atoms. The molecule has 0 heterocycles. The number of unbranched alkanes of at least 4 members (excludes halogenated alkanes) is 9. The summed E-state index contributed by atoms with van der Waals surface area (Å²) < 4.78 is 5.20. The van der Waals surface area contributed by atoms with Gasteiger partial charge in [-0.25, -0.2) is 4.79 Å². The van der Waals surface area contributed by atoms with E-state index in [-0.39, 0.29) is 6.09 Å². The quantitative estimate of drug-likeness (QED) is 0.449. The molecular weight excluding hydrogens is 286 g/mol. The Morgan fingerprint density at radius 3 is 1.96 bits per heavy atom. The highest BCUT2D eigenvalue weighted by Gasteiger charge is 2.02. The summed E-state index contributed by atoms with van der Waals surface area (Å²) in [6.45, 7) is 4.78. The fraction of sp³-hybridized carbons (Fsp3) is 0.650. The van der Waals surface area contributed by atoms with Crippen molar-refractivity contribution in [1.82, 2.24) is 0 Å². The monoisotopic (exact) mass is 319 g/mol. The van der Waals surface area contributed by atoms with Crippen molar-refractivity contribution in [3.63, 3.8) is 0 Å². The molecule has 1 N–H and O–H groups in total. The normalized spacial score (nSPS) is 10.5. The van der Waals surface area contributed by atoms with Crippen LogP contribution in [0.2, 0.25) is 0 Å². The Bertz CT molecular complexity index is 414. The Hall–Kier alpha value is -1.51. The Balaban J connectivity index is 1.90. The van der Waals surface area contributed by atoms with Gasteiger partial charge in [0.25, 0.3) is 0 Å². The highest BCUT2D eigenvalue weighted by Crippen LogP contribution is 2.11. The van der Waals surface area contributed by atoms with Crippen LogP contribution in [0.25, 0.3) is 0 Å². The fourth-order valence-electron chi connectivity index (χ4n) is 2.55. The fourth-order valence-corrected chi connectivity index (χ4v) is 2.55. The molecule has 0 saturated carbocycles. The van der Waals surface area contributed by atoms with Gasteiger partial charge in [-0.05, 0) is 25.5 Å². The molecule has 0 aromatic heterocycles. The summed E-state index contributed by atoms with van der Waals surface area (Å²) in [5, 5.41) is 2.74. The zero-order valence-electron chi connectivity index (χ0n) is 14.9. The number of hydrogen-bond donors (Lipinski definition) is 1. The summed E-state index contributed by atoms with van der Waals surface area (Å²) >= 11 is 0. The van der Waals surface area contributed by atoms with Crippen LogP contribution in [0.4, 0.5) is 10.5 Å². The Labute approximate surface area is 141 Å². The molecule has 0 unspecified atom stereocenters. The van der Waals surface area contributed by atoms with Crippen LogP contribution in [0.3, 0.4) is 0 Å². The SMILES string of the molecule is CCCCCCCCCCCCOC(=O)Nc1ccc(C)cc1. The zero-order valence-corrected chi connectivity index (χ0v) is 14.9. The Morgan fingerprint density at radius 2 is 1.39 bits per heavy atom. The predicted octanol–water partition coefficient (Wildman–Crippen LogP) is 6.46. The standard InChI is InChI=1S/C20H33NO2/c1-3-4-5-6-7-8-9-10-11-12-17-23-20(22)21-19-15-13-18(2)14-16-19/h13-16H,3-12,17H2,1-2H3,(H,21,22). The lowest BCUT2D eigenvalue weighted by molar-refractivity contribution is 0.159. The maximum Gasteiger partial charge on any atom is 0.411 e.